The van der Waals surface area contributed by atoms with Crippen LogP contribution in [-0.2, 0) is 27.6 Å². The Morgan fingerprint density at radius 2 is 2.09 bits per heavy atom. The molecule has 11 heteroatoms. The second-order valence-corrected chi connectivity index (χ2v) is 11.3. The van der Waals surface area contributed by atoms with Crippen LogP contribution >= 0.6 is 0 Å². The van der Waals surface area contributed by atoms with Gasteiger partial charge in [-0.1, -0.05) is 26.0 Å². The van der Waals surface area contributed by atoms with Gasteiger partial charge in [0.2, 0.25) is 5.91 Å². The molecule has 1 aliphatic rings. The summed E-state index contributed by atoms with van der Waals surface area (Å²) in [6.07, 6.45) is 6.31. The number of hydrogen-bond acceptors (Lipinski definition) is 7. The van der Waals surface area contributed by atoms with Crippen LogP contribution in [0.15, 0.2) is 47.9 Å². The normalized spacial score (nSPS) is 15.7. The number of nitrogens with zero attached hydrogens (tertiary/aromatic N) is 4. The summed E-state index contributed by atoms with van der Waals surface area (Å²) in [5.74, 6) is 0.525. The van der Waals surface area contributed by atoms with E-state index in [2.05, 4.69) is 39.2 Å². The first-order valence-electron chi connectivity index (χ1n) is 11.5. The number of nitrogens with two attached hydrogens (primary N) is 1. The molecule has 35 heavy (non-hydrogen) atoms. The highest BCUT2D eigenvalue weighted by Crippen LogP contribution is 2.34. The highest BCUT2D eigenvalue weighted by atomic mass is 32.2. The van der Waals surface area contributed by atoms with E-state index < -0.39 is 15.7 Å². The van der Waals surface area contributed by atoms with E-state index in [1.807, 2.05) is 24.3 Å². The SMILES string of the molecule is CC(C)[C@H](Nc1ncnc2[nH]c(-c3cnn(CC(N)=O)c3)cc12)c1ccc2c(c1)S(=O)(=O)CCC2. The van der Waals surface area contributed by atoms with E-state index in [9.17, 15) is 13.2 Å². The van der Waals surface area contributed by atoms with Gasteiger partial charge in [-0.3, -0.25) is 9.48 Å². The third-order valence-electron chi connectivity index (χ3n) is 6.29. The zero-order valence-corrected chi connectivity index (χ0v) is 20.3. The maximum absolute atomic E-state index is 12.7. The van der Waals surface area contributed by atoms with E-state index in [1.165, 1.54) is 11.0 Å². The monoisotopic (exact) mass is 493 g/mol. The Hall–Kier alpha value is -3.73. The number of primary amides is 1. The van der Waals surface area contributed by atoms with Crippen molar-refractivity contribution in [2.45, 2.75) is 44.2 Å². The average Bonchev–Trinajstić information content (AvgIpc) is 3.44. The summed E-state index contributed by atoms with van der Waals surface area (Å²) in [5.41, 5.74) is 9.26. The smallest absolute Gasteiger partial charge is 0.239 e. The van der Waals surface area contributed by atoms with E-state index in [-0.39, 0.29) is 24.3 Å². The van der Waals surface area contributed by atoms with Crippen LogP contribution in [0.25, 0.3) is 22.3 Å². The molecule has 1 aromatic carbocycles. The summed E-state index contributed by atoms with van der Waals surface area (Å²) in [7, 11) is -3.26. The van der Waals surface area contributed by atoms with Crippen molar-refractivity contribution >= 4 is 32.6 Å². The quantitative estimate of drug-likeness (QED) is 0.358. The number of carbonyl (C=O) groups is 1. The van der Waals surface area contributed by atoms with Gasteiger partial charge < -0.3 is 16.0 Å². The van der Waals surface area contributed by atoms with Gasteiger partial charge in [0.1, 0.15) is 24.3 Å². The number of fused-ring (bicyclic) bond motifs is 2. The molecule has 10 nitrogen and oxygen atoms in total. The molecule has 0 radical (unpaired) electrons. The highest BCUT2D eigenvalue weighted by Gasteiger charge is 2.26. The number of amides is 1. The Labute approximate surface area is 202 Å². The lowest BCUT2D eigenvalue weighted by Crippen LogP contribution is -2.20. The summed E-state index contributed by atoms with van der Waals surface area (Å²) in [5, 5.41) is 8.49. The minimum atomic E-state index is -3.26. The maximum Gasteiger partial charge on any atom is 0.239 e. The van der Waals surface area contributed by atoms with Gasteiger partial charge >= 0.3 is 0 Å². The summed E-state index contributed by atoms with van der Waals surface area (Å²) in [6, 6.07) is 7.53. The fourth-order valence-electron chi connectivity index (χ4n) is 4.56. The molecule has 0 unspecified atom stereocenters. The molecular weight excluding hydrogens is 466 g/mol. The molecule has 3 aromatic heterocycles. The van der Waals surface area contributed by atoms with E-state index in [1.54, 1.807) is 12.4 Å². The number of sulfone groups is 1. The number of rotatable bonds is 7. The number of benzene rings is 1. The van der Waals surface area contributed by atoms with Crippen LogP contribution in [-0.4, -0.2) is 44.8 Å². The molecule has 4 N–H and O–H groups in total. The van der Waals surface area contributed by atoms with Crippen LogP contribution in [0.3, 0.4) is 0 Å². The van der Waals surface area contributed by atoms with Crippen LogP contribution in [0.1, 0.15) is 37.4 Å². The molecule has 0 saturated carbocycles. The maximum atomic E-state index is 12.7. The number of anilines is 1. The van der Waals surface area contributed by atoms with Crippen molar-refractivity contribution in [1.82, 2.24) is 24.7 Å². The first-order valence-corrected chi connectivity index (χ1v) is 13.1. The number of hydrogen-bond donors (Lipinski definition) is 3. The van der Waals surface area contributed by atoms with E-state index in [0.29, 0.717) is 22.8 Å². The molecular formula is C24H27N7O3S. The van der Waals surface area contributed by atoms with Gasteiger partial charge in [-0.2, -0.15) is 5.10 Å². The molecule has 0 fully saturated rings. The largest absolute Gasteiger partial charge is 0.368 e. The van der Waals surface area contributed by atoms with Crippen molar-refractivity contribution in [3.05, 3.63) is 54.1 Å². The second kappa shape index (κ2) is 8.81. The molecule has 1 atom stereocenters. The molecule has 0 spiro atoms. The Morgan fingerprint density at radius 3 is 2.86 bits per heavy atom. The third-order valence-corrected chi connectivity index (χ3v) is 8.17. The van der Waals surface area contributed by atoms with Crippen LogP contribution in [0.5, 0.6) is 0 Å². The predicted octanol–water partition coefficient (Wildman–Crippen LogP) is 2.84. The van der Waals surface area contributed by atoms with Crippen LogP contribution in [0.2, 0.25) is 0 Å². The average molecular weight is 494 g/mol. The number of aryl methyl sites for hydroxylation is 1. The van der Waals surface area contributed by atoms with E-state index in [4.69, 9.17) is 5.73 Å². The molecule has 0 bridgehead atoms. The van der Waals surface area contributed by atoms with E-state index >= 15 is 0 Å². The number of carbonyl (C=O) groups excluding carboxylic acids is 1. The van der Waals surface area contributed by atoms with Crippen molar-refractivity contribution in [3.63, 3.8) is 0 Å². The number of nitrogens with one attached hydrogen (secondary N) is 2. The van der Waals surface area contributed by atoms with Crippen LogP contribution in [0, 0.1) is 5.92 Å². The molecule has 4 aromatic rings. The van der Waals surface area contributed by atoms with Crippen molar-refractivity contribution in [1.29, 1.82) is 0 Å². The summed E-state index contributed by atoms with van der Waals surface area (Å²) in [4.78, 5) is 23.7. The van der Waals surface area contributed by atoms with Gasteiger partial charge in [0, 0.05) is 11.8 Å². The highest BCUT2D eigenvalue weighted by molar-refractivity contribution is 7.91. The number of H-pyrrole nitrogens is 1. The number of aromatic amines is 1. The molecule has 5 rings (SSSR count). The molecule has 1 aliphatic heterocycles. The van der Waals surface area contributed by atoms with E-state index in [0.717, 1.165) is 34.2 Å². The summed E-state index contributed by atoms with van der Waals surface area (Å²) >= 11 is 0. The lowest BCUT2D eigenvalue weighted by molar-refractivity contribution is -0.118. The summed E-state index contributed by atoms with van der Waals surface area (Å²) in [6.45, 7) is 4.17. The minimum Gasteiger partial charge on any atom is -0.368 e. The Balaban J connectivity index is 1.49. The first kappa shape index (κ1) is 23.0. The van der Waals surface area contributed by atoms with Gasteiger partial charge in [-0.05, 0) is 42.0 Å². The van der Waals surface area contributed by atoms with Gasteiger partial charge in [0.25, 0.3) is 0 Å². The predicted molar refractivity (Wildman–Crippen MR) is 132 cm³/mol. The van der Waals surface area contributed by atoms with Crippen LogP contribution < -0.4 is 11.1 Å². The lowest BCUT2D eigenvalue weighted by atomic mass is 9.94. The van der Waals surface area contributed by atoms with Crippen LogP contribution in [0.4, 0.5) is 5.82 Å². The molecule has 182 valence electrons. The Bertz CT molecular complexity index is 1520. The van der Waals surface area contributed by atoms with Gasteiger partial charge in [-0.25, -0.2) is 18.4 Å². The zero-order chi connectivity index (χ0) is 24.7. The first-order chi connectivity index (χ1) is 16.7. The van der Waals surface area contributed by atoms with Gasteiger partial charge in [0.15, 0.2) is 9.84 Å². The molecule has 0 saturated heterocycles. The zero-order valence-electron chi connectivity index (χ0n) is 19.5. The molecule has 1 amide bonds. The lowest BCUT2D eigenvalue weighted by Gasteiger charge is -2.26. The van der Waals surface area contributed by atoms with Crippen molar-refractivity contribution in [2.75, 3.05) is 11.1 Å². The van der Waals surface area contributed by atoms with Gasteiger partial charge in [-0.15, -0.1) is 0 Å². The Kier molecular flexibility index (Phi) is 5.79. The third kappa shape index (κ3) is 4.51. The van der Waals surface area contributed by atoms with Crippen molar-refractivity contribution in [3.8, 4) is 11.3 Å². The second-order valence-electron chi connectivity index (χ2n) is 9.22. The van der Waals surface area contributed by atoms with Crippen molar-refractivity contribution in [2.24, 2.45) is 11.7 Å². The van der Waals surface area contributed by atoms with Crippen molar-refractivity contribution < 1.29 is 13.2 Å². The number of aromatic nitrogens is 5. The fraction of sp³-hybridized carbons (Fsp3) is 0.333. The molecule has 0 aliphatic carbocycles. The topological polar surface area (TPSA) is 149 Å². The summed E-state index contributed by atoms with van der Waals surface area (Å²) < 4.78 is 26.8. The van der Waals surface area contributed by atoms with Gasteiger partial charge in [0.05, 0.1) is 34.0 Å². The standard InChI is InChI=1S/C24H27N7O3S/c1-14(2)22(16-6-5-15-4-3-7-35(33,34)20(15)8-16)30-24-18-9-19(29-23(18)26-13-27-24)17-10-28-31(11-17)12-21(25)32/h5-6,8-11,13-14,22H,3-4,7,12H2,1-2H3,(H2,25,32)(H2,26,27,29,30)/t22-/m0/s1. The minimum absolute atomic E-state index is 0.000589. The molecule has 4 heterocycles. The Morgan fingerprint density at radius 1 is 1.26 bits per heavy atom. The fourth-order valence-corrected chi connectivity index (χ4v) is 6.19.